The van der Waals surface area contributed by atoms with E-state index < -0.39 is 23.0 Å². The van der Waals surface area contributed by atoms with E-state index >= 15 is 0 Å². The predicted octanol–water partition coefficient (Wildman–Crippen LogP) is 2.64. The topological polar surface area (TPSA) is 92.5 Å². The number of rotatable bonds is 3. The fourth-order valence-corrected chi connectivity index (χ4v) is 2.99. The Morgan fingerprint density at radius 1 is 1.30 bits per heavy atom. The van der Waals surface area contributed by atoms with Crippen LogP contribution in [-0.4, -0.2) is 22.0 Å². The predicted molar refractivity (Wildman–Crippen MR) is 84.5 cm³/mol. The number of nitro benzene ring substituents is 1. The Labute approximate surface area is 136 Å². The summed E-state index contributed by atoms with van der Waals surface area (Å²) >= 11 is 5.84. The standard InChI is InChI=1S/C16H13ClN2O4/c17-10-5-6-13(19(22)23)12(8-10)16(21)18-15-11-4-2-1-3-9(11)7-14(15)20/h1-6,8,14-15,20H,7H2,(H,18,21)/t14-,15+/m1/s1. The molecule has 1 aliphatic carbocycles. The van der Waals surface area contributed by atoms with Crippen molar-refractivity contribution in [2.75, 3.05) is 0 Å². The van der Waals surface area contributed by atoms with Crippen molar-refractivity contribution in [3.05, 3.63) is 74.3 Å². The van der Waals surface area contributed by atoms with Crippen LogP contribution in [0.1, 0.15) is 27.5 Å². The molecule has 2 N–H and O–H groups in total. The van der Waals surface area contributed by atoms with E-state index in [1.807, 2.05) is 24.3 Å². The molecule has 2 atom stereocenters. The summed E-state index contributed by atoms with van der Waals surface area (Å²) < 4.78 is 0. The van der Waals surface area contributed by atoms with Gasteiger partial charge in [-0.15, -0.1) is 0 Å². The van der Waals surface area contributed by atoms with Crippen molar-refractivity contribution in [3.8, 4) is 0 Å². The number of hydrogen-bond donors (Lipinski definition) is 2. The largest absolute Gasteiger partial charge is 0.390 e. The first-order valence-electron chi connectivity index (χ1n) is 6.98. The SMILES string of the molecule is O=C(N[C@H]1c2ccccc2C[C@H]1O)c1cc(Cl)ccc1[N+](=O)[O-]. The lowest BCUT2D eigenvalue weighted by molar-refractivity contribution is -0.385. The van der Waals surface area contributed by atoms with Crippen molar-refractivity contribution in [2.24, 2.45) is 0 Å². The van der Waals surface area contributed by atoms with E-state index in [2.05, 4.69) is 5.32 Å². The van der Waals surface area contributed by atoms with Crippen LogP contribution in [-0.2, 0) is 6.42 Å². The van der Waals surface area contributed by atoms with Gasteiger partial charge in [0.15, 0.2) is 0 Å². The fraction of sp³-hybridized carbons (Fsp3) is 0.188. The Balaban J connectivity index is 1.91. The molecule has 3 rings (SSSR count). The minimum atomic E-state index is -0.769. The zero-order valence-corrected chi connectivity index (χ0v) is 12.7. The second kappa shape index (κ2) is 5.98. The first kappa shape index (κ1) is 15.5. The van der Waals surface area contributed by atoms with Gasteiger partial charge in [0.25, 0.3) is 11.6 Å². The van der Waals surface area contributed by atoms with E-state index in [-0.39, 0.29) is 16.3 Å². The molecule has 118 valence electrons. The zero-order valence-electron chi connectivity index (χ0n) is 11.9. The summed E-state index contributed by atoms with van der Waals surface area (Å²) in [7, 11) is 0. The molecule has 0 saturated heterocycles. The van der Waals surface area contributed by atoms with E-state index in [1.54, 1.807) is 0 Å². The number of carbonyl (C=O) groups is 1. The summed E-state index contributed by atoms with van der Waals surface area (Å²) in [4.78, 5) is 22.9. The lowest BCUT2D eigenvalue weighted by atomic mass is 10.1. The second-order valence-electron chi connectivity index (χ2n) is 5.34. The fourth-order valence-electron chi connectivity index (χ4n) is 2.82. The molecule has 0 bridgehead atoms. The summed E-state index contributed by atoms with van der Waals surface area (Å²) in [6.07, 6.45) is -0.340. The number of aliphatic hydroxyl groups excluding tert-OH is 1. The normalized spacial score (nSPS) is 19.2. The van der Waals surface area contributed by atoms with Crippen molar-refractivity contribution in [1.82, 2.24) is 5.32 Å². The van der Waals surface area contributed by atoms with Gasteiger partial charge in [-0.2, -0.15) is 0 Å². The van der Waals surface area contributed by atoms with E-state index in [1.165, 1.54) is 18.2 Å². The molecule has 0 aromatic heterocycles. The van der Waals surface area contributed by atoms with Crippen molar-refractivity contribution in [3.63, 3.8) is 0 Å². The third kappa shape index (κ3) is 2.91. The molecule has 0 spiro atoms. The van der Waals surface area contributed by atoms with Crippen LogP contribution in [0.3, 0.4) is 0 Å². The average molecular weight is 333 g/mol. The molecule has 6 nitrogen and oxygen atoms in total. The Hall–Kier alpha value is -2.44. The van der Waals surface area contributed by atoms with Gasteiger partial charge in [0.2, 0.25) is 0 Å². The van der Waals surface area contributed by atoms with E-state index in [0.717, 1.165) is 11.1 Å². The van der Waals surface area contributed by atoms with Crippen molar-refractivity contribution >= 4 is 23.2 Å². The summed E-state index contributed by atoms with van der Waals surface area (Å²) in [5, 5.41) is 24.1. The number of halogens is 1. The number of nitrogens with one attached hydrogen (secondary N) is 1. The number of hydrogen-bond acceptors (Lipinski definition) is 4. The lowest BCUT2D eigenvalue weighted by Crippen LogP contribution is -2.34. The monoisotopic (exact) mass is 332 g/mol. The molecule has 1 amide bonds. The second-order valence-corrected chi connectivity index (χ2v) is 5.78. The number of carbonyl (C=O) groups excluding carboxylic acids is 1. The maximum atomic E-state index is 12.4. The Morgan fingerprint density at radius 2 is 2.04 bits per heavy atom. The summed E-state index contributed by atoms with van der Waals surface area (Å²) in [6, 6.07) is 10.6. The highest BCUT2D eigenvalue weighted by Gasteiger charge is 2.33. The zero-order chi connectivity index (χ0) is 16.6. The molecule has 1 aliphatic rings. The van der Waals surface area contributed by atoms with Gasteiger partial charge in [0.1, 0.15) is 5.56 Å². The molecule has 23 heavy (non-hydrogen) atoms. The molecular formula is C16H13ClN2O4. The van der Waals surface area contributed by atoms with Crippen LogP contribution >= 0.6 is 11.6 Å². The first-order chi connectivity index (χ1) is 11.0. The van der Waals surface area contributed by atoms with Gasteiger partial charge in [-0.25, -0.2) is 0 Å². The van der Waals surface area contributed by atoms with Crippen LogP contribution in [0.5, 0.6) is 0 Å². The van der Waals surface area contributed by atoms with Gasteiger partial charge in [-0.1, -0.05) is 35.9 Å². The van der Waals surface area contributed by atoms with Crippen LogP contribution in [0.4, 0.5) is 5.69 Å². The molecule has 0 radical (unpaired) electrons. The number of nitro groups is 1. The lowest BCUT2D eigenvalue weighted by Gasteiger charge is -2.18. The molecule has 2 aromatic carbocycles. The van der Waals surface area contributed by atoms with Crippen molar-refractivity contribution < 1.29 is 14.8 Å². The van der Waals surface area contributed by atoms with Crippen LogP contribution in [0.2, 0.25) is 5.02 Å². The Bertz CT molecular complexity index is 793. The van der Waals surface area contributed by atoms with Crippen LogP contribution < -0.4 is 5.32 Å². The highest BCUT2D eigenvalue weighted by Crippen LogP contribution is 2.32. The van der Waals surface area contributed by atoms with Gasteiger partial charge in [-0.05, 0) is 23.3 Å². The third-order valence-corrected chi connectivity index (χ3v) is 4.13. The van der Waals surface area contributed by atoms with Crippen molar-refractivity contribution in [1.29, 1.82) is 0 Å². The van der Waals surface area contributed by atoms with Gasteiger partial charge < -0.3 is 10.4 Å². The quantitative estimate of drug-likeness (QED) is 0.667. The highest BCUT2D eigenvalue weighted by molar-refractivity contribution is 6.31. The number of aliphatic hydroxyl groups is 1. The molecular weight excluding hydrogens is 320 g/mol. The summed E-state index contributed by atoms with van der Waals surface area (Å²) in [5.74, 6) is -0.639. The average Bonchev–Trinajstić information content (AvgIpc) is 2.83. The molecule has 0 saturated carbocycles. The molecule has 0 fully saturated rings. The molecule has 0 heterocycles. The molecule has 2 aromatic rings. The van der Waals surface area contributed by atoms with Gasteiger partial charge in [0, 0.05) is 17.5 Å². The Morgan fingerprint density at radius 3 is 2.78 bits per heavy atom. The van der Waals surface area contributed by atoms with Gasteiger partial charge in [-0.3, -0.25) is 14.9 Å². The van der Waals surface area contributed by atoms with Crippen molar-refractivity contribution in [2.45, 2.75) is 18.6 Å². The van der Waals surface area contributed by atoms with E-state index in [0.29, 0.717) is 6.42 Å². The molecule has 0 aliphatic heterocycles. The number of benzene rings is 2. The number of fused-ring (bicyclic) bond motifs is 1. The summed E-state index contributed by atoms with van der Waals surface area (Å²) in [6.45, 7) is 0. The first-order valence-corrected chi connectivity index (χ1v) is 7.36. The highest BCUT2D eigenvalue weighted by atomic mass is 35.5. The minimum Gasteiger partial charge on any atom is -0.390 e. The van der Waals surface area contributed by atoms with E-state index in [9.17, 15) is 20.0 Å². The smallest absolute Gasteiger partial charge is 0.282 e. The number of nitrogens with zero attached hydrogens (tertiary/aromatic N) is 1. The minimum absolute atomic E-state index is 0.126. The maximum absolute atomic E-state index is 12.4. The van der Waals surface area contributed by atoms with Gasteiger partial charge in [0.05, 0.1) is 17.1 Å². The van der Waals surface area contributed by atoms with Gasteiger partial charge >= 0.3 is 0 Å². The number of amides is 1. The molecule has 7 heteroatoms. The molecule has 0 unspecified atom stereocenters. The van der Waals surface area contributed by atoms with Crippen LogP contribution in [0.15, 0.2) is 42.5 Å². The maximum Gasteiger partial charge on any atom is 0.282 e. The van der Waals surface area contributed by atoms with Crippen LogP contribution in [0.25, 0.3) is 0 Å². The van der Waals surface area contributed by atoms with Crippen LogP contribution in [0, 0.1) is 10.1 Å². The van der Waals surface area contributed by atoms with E-state index in [4.69, 9.17) is 11.6 Å². The third-order valence-electron chi connectivity index (χ3n) is 3.89. The Kier molecular flexibility index (Phi) is 4.02. The summed E-state index contributed by atoms with van der Waals surface area (Å²) in [5.41, 5.74) is 1.32.